The average Bonchev–Trinajstić information content (AvgIpc) is 3.60. The lowest BCUT2D eigenvalue weighted by Gasteiger charge is -2.20. The van der Waals surface area contributed by atoms with E-state index in [-0.39, 0.29) is 30.2 Å². The van der Waals surface area contributed by atoms with Crippen LogP contribution < -0.4 is 10.6 Å². The van der Waals surface area contributed by atoms with Gasteiger partial charge in [0.2, 0.25) is 11.8 Å². The lowest BCUT2D eigenvalue weighted by molar-refractivity contribution is -0.131. The van der Waals surface area contributed by atoms with Gasteiger partial charge >= 0.3 is 0 Å². The Kier molecular flexibility index (Phi) is 6.31. The molecule has 0 radical (unpaired) electrons. The highest BCUT2D eigenvalue weighted by Gasteiger charge is 2.30. The highest BCUT2D eigenvalue weighted by Crippen LogP contribution is 2.32. The van der Waals surface area contributed by atoms with E-state index in [0.29, 0.717) is 17.7 Å². The summed E-state index contributed by atoms with van der Waals surface area (Å²) in [6.45, 7) is 1.92. The number of carbonyl (C=O) groups is 3. The zero-order chi connectivity index (χ0) is 20.9. The second-order valence-corrected chi connectivity index (χ2v) is 8.31. The molecule has 6 heteroatoms. The van der Waals surface area contributed by atoms with Crippen LogP contribution in [-0.4, -0.2) is 42.3 Å². The molecule has 1 heterocycles. The van der Waals surface area contributed by atoms with Gasteiger partial charge in [0.05, 0.1) is 11.3 Å². The van der Waals surface area contributed by atoms with E-state index in [0.717, 1.165) is 49.5 Å². The predicted molar refractivity (Wildman–Crippen MR) is 117 cm³/mol. The monoisotopic (exact) mass is 407 g/mol. The molecule has 2 aliphatic rings. The van der Waals surface area contributed by atoms with Gasteiger partial charge in [-0.05, 0) is 48.6 Å². The quantitative estimate of drug-likeness (QED) is 0.766. The highest BCUT2D eigenvalue weighted by atomic mass is 16.2. The molecule has 6 nitrogen and oxygen atoms in total. The number of anilines is 1. The second-order valence-electron chi connectivity index (χ2n) is 8.31. The molecule has 1 saturated heterocycles. The maximum Gasteiger partial charge on any atom is 0.253 e. The summed E-state index contributed by atoms with van der Waals surface area (Å²) < 4.78 is 0. The van der Waals surface area contributed by atoms with Crippen molar-refractivity contribution in [2.24, 2.45) is 5.92 Å². The third-order valence-electron chi connectivity index (χ3n) is 5.92. The Labute approximate surface area is 177 Å². The number of likely N-dealkylation sites (tertiary alicyclic amines) is 1. The summed E-state index contributed by atoms with van der Waals surface area (Å²) in [4.78, 5) is 39.6. The molecule has 4 rings (SSSR count). The van der Waals surface area contributed by atoms with E-state index < -0.39 is 0 Å². The molecule has 1 aliphatic heterocycles. The number of hydrogen-bond donors (Lipinski definition) is 2. The number of nitrogens with zero attached hydrogens (tertiary/aromatic N) is 1. The molecule has 2 fully saturated rings. The van der Waals surface area contributed by atoms with Gasteiger partial charge in [-0.25, -0.2) is 0 Å². The molecular weight excluding hydrogens is 378 g/mol. The first-order valence-electron chi connectivity index (χ1n) is 11.0. The van der Waals surface area contributed by atoms with Crippen LogP contribution in [0.25, 0.3) is 10.8 Å². The summed E-state index contributed by atoms with van der Waals surface area (Å²) in [6, 6.07) is 11.4. The largest absolute Gasteiger partial charge is 0.351 e. The summed E-state index contributed by atoms with van der Waals surface area (Å²) in [5.74, 6) is -0.150. The number of benzene rings is 2. The fourth-order valence-electron chi connectivity index (χ4n) is 3.97. The fraction of sp³-hybridized carbons (Fsp3) is 0.458. The number of fused-ring (bicyclic) bond motifs is 1. The van der Waals surface area contributed by atoms with Crippen molar-refractivity contribution < 1.29 is 14.4 Å². The molecule has 1 aliphatic carbocycles. The van der Waals surface area contributed by atoms with Crippen molar-refractivity contribution in [3.05, 3.63) is 42.0 Å². The normalized spacial score (nSPS) is 16.7. The van der Waals surface area contributed by atoms with Crippen molar-refractivity contribution >= 4 is 34.2 Å². The minimum Gasteiger partial charge on any atom is -0.351 e. The Morgan fingerprint density at radius 2 is 1.60 bits per heavy atom. The first-order chi connectivity index (χ1) is 14.6. The molecule has 2 aromatic rings. The minimum atomic E-state index is -0.268. The molecule has 2 aromatic carbocycles. The van der Waals surface area contributed by atoms with Crippen molar-refractivity contribution in [2.75, 3.05) is 25.0 Å². The van der Waals surface area contributed by atoms with Crippen LogP contribution in [0.5, 0.6) is 0 Å². The van der Waals surface area contributed by atoms with Gasteiger partial charge < -0.3 is 15.5 Å². The van der Waals surface area contributed by atoms with Crippen LogP contribution in [0.4, 0.5) is 5.69 Å². The summed E-state index contributed by atoms with van der Waals surface area (Å²) in [7, 11) is 0. The van der Waals surface area contributed by atoms with Crippen molar-refractivity contribution in [1.29, 1.82) is 0 Å². The minimum absolute atomic E-state index is 0.0318. The molecule has 2 N–H and O–H groups in total. The van der Waals surface area contributed by atoms with Crippen LogP contribution in [0.2, 0.25) is 0 Å². The Hall–Kier alpha value is -2.89. The van der Waals surface area contributed by atoms with E-state index in [1.807, 2.05) is 41.3 Å². The summed E-state index contributed by atoms with van der Waals surface area (Å²) in [5, 5.41) is 7.71. The summed E-state index contributed by atoms with van der Waals surface area (Å²) >= 11 is 0. The first kappa shape index (κ1) is 20.4. The lowest BCUT2D eigenvalue weighted by atomic mass is 10.0. The topological polar surface area (TPSA) is 78.5 Å². The van der Waals surface area contributed by atoms with Crippen molar-refractivity contribution in [2.45, 2.75) is 44.9 Å². The maximum atomic E-state index is 12.9. The third kappa shape index (κ3) is 4.99. The zero-order valence-electron chi connectivity index (χ0n) is 17.3. The van der Waals surface area contributed by atoms with Gasteiger partial charge in [-0.2, -0.15) is 0 Å². The SMILES string of the molecule is O=C(NCCC(=O)N1CCCCCC1)c1cc2ccccc2cc1NC(=O)C1CC1. The van der Waals surface area contributed by atoms with Gasteiger partial charge in [0.15, 0.2) is 0 Å². The van der Waals surface area contributed by atoms with Crippen LogP contribution in [0, 0.1) is 5.92 Å². The average molecular weight is 408 g/mol. The van der Waals surface area contributed by atoms with E-state index in [4.69, 9.17) is 0 Å². The molecular formula is C24H29N3O3. The van der Waals surface area contributed by atoms with E-state index in [9.17, 15) is 14.4 Å². The Morgan fingerprint density at radius 3 is 2.27 bits per heavy atom. The van der Waals surface area contributed by atoms with Gasteiger partial charge in [0.1, 0.15) is 0 Å². The van der Waals surface area contributed by atoms with E-state index >= 15 is 0 Å². The summed E-state index contributed by atoms with van der Waals surface area (Å²) in [5.41, 5.74) is 0.965. The smallest absolute Gasteiger partial charge is 0.253 e. The van der Waals surface area contributed by atoms with E-state index in [1.165, 1.54) is 12.8 Å². The zero-order valence-corrected chi connectivity index (χ0v) is 17.3. The number of rotatable bonds is 6. The van der Waals surface area contributed by atoms with Crippen LogP contribution in [-0.2, 0) is 9.59 Å². The standard InChI is InChI=1S/C24H29N3O3/c28-22(27-13-5-1-2-6-14-27)11-12-25-24(30)20-15-18-7-3-4-8-19(18)16-21(20)26-23(29)17-9-10-17/h3-4,7-8,15-17H,1-2,5-6,9-14H2,(H,25,30)(H,26,29). The first-order valence-corrected chi connectivity index (χ1v) is 11.0. The molecule has 0 aromatic heterocycles. The third-order valence-corrected chi connectivity index (χ3v) is 5.92. The number of nitrogens with one attached hydrogen (secondary N) is 2. The van der Waals surface area contributed by atoms with Gasteiger partial charge in [-0.1, -0.05) is 37.1 Å². The molecule has 0 atom stereocenters. The molecule has 3 amide bonds. The molecule has 158 valence electrons. The number of carbonyl (C=O) groups excluding carboxylic acids is 3. The molecule has 0 bridgehead atoms. The van der Waals surface area contributed by atoms with Gasteiger partial charge in [0.25, 0.3) is 5.91 Å². The van der Waals surface area contributed by atoms with Crippen LogP contribution in [0.3, 0.4) is 0 Å². The number of hydrogen-bond acceptors (Lipinski definition) is 3. The fourth-order valence-corrected chi connectivity index (χ4v) is 3.97. The Balaban J connectivity index is 1.43. The van der Waals surface area contributed by atoms with E-state index in [2.05, 4.69) is 10.6 Å². The van der Waals surface area contributed by atoms with Crippen molar-refractivity contribution in [1.82, 2.24) is 10.2 Å². The second kappa shape index (κ2) is 9.28. The Morgan fingerprint density at radius 1 is 0.933 bits per heavy atom. The van der Waals surface area contributed by atoms with Crippen LogP contribution in [0.15, 0.2) is 36.4 Å². The van der Waals surface area contributed by atoms with Gasteiger partial charge in [-0.3, -0.25) is 14.4 Å². The van der Waals surface area contributed by atoms with Gasteiger partial charge in [0, 0.05) is 32.0 Å². The van der Waals surface area contributed by atoms with Crippen molar-refractivity contribution in [3.8, 4) is 0 Å². The van der Waals surface area contributed by atoms with Gasteiger partial charge in [-0.15, -0.1) is 0 Å². The lowest BCUT2D eigenvalue weighted by Crippen LogP contribution is -2.35. The predicted octanol–water partition coefficient (Wildman–Crippen LogP) is 3.71. The summed E-state index contributed by atoms with van der Waals surface area (Å²) in [6.07, 6.45) is 6.57. The van der Waals surface area contributed by atoms with Crippen LogP contribution in [0.1, 0.15) is 55.3 Å². The van der Waals surface area contributed by atoms with Crippen molar-refractivity contribution in [3.63, 3.8) is 0 Å². The molecule has 0 unspecified atom stereocenters. The molecule has 30 heavy (non-hydrogen) atoms. The molecule has 1 saturated carbocycles. The maximum absolute atomic E-state index is 12.9. The Bertz CT molecular complexity index is 944. The highest BCUT2D eigenvalue weighted by molar-refractivity contribution is 6.08. The van der Waals surface area contributed by atoms with E-state index in [1.54, 1.807) is 0 Å². The molecule has 0 spiro atoms. The number of amides is 3. The van der Waals surface area contributed by atoms with Crippen LogP contribution >= 0.6 is 0 Å².